The van der Waals surface area contributed by atoms with E-state index in [-0.39, 0.29) is 12.0 Å². The van der Waals surface area contributed by atoms with E-state index in [1.807, 2.05) is 55.4 Å². The zero-order valence-corrected chi connectivity index (χ0v) is 24.7. The molecule has 43 heavy (non-hydrogen) atoms. The second-order valence-electron chi connectivity index (χ2n) is 10.3. The standard InChI is InChI=1S/C33H32ClN5O4/c1-39(2)13-6-9-32(40)38-29-16-26-28(17-31(29)43-25-12-14-41-21-25)36-19-23(18-35)33(26)37-24-10-11-30(27(34)15-24)42-20-22-7-4-3-5-8-22/h3-11,15-17,19,25H,12-14,20-21H2,1-2H3,(H,36,37)(H,38,40)/t25-/m0/s1. The topological polar surface area (TPSA) is 109 Å². The summed E-state index contributed by atoms with van der Waals surface area (Å²) in [4.78, 5) is 19.3. The second kappa shape index (κ2) is 14.0. The van der Waals surface area contributed by atoms with Crippen LogP contribution in [0.1, 0.15) is 17.5 Å². The summed E-state index contributed by atoms with van der Waals surface area (Å²) in [6, 6.07) is 20.9. The van der Waals surface area contributed by atoms with Gasteiger partial charge in [-0.2, -0.15) is 5.26 Å². The van der Waals surface area contributed by atoms with Gasteiger partial charge in [-0.3, -0.25) is 9.78 Å². The Kier molecular flexibility index (Phi) is 9.74. The second-order valence-corrected chi connectivity index (χ2v) is 10.7. The molecule has 0 aliphatic carbocycles. The molecule has 1 atom stereocenters. The molecule has 0 spiro atoms. The Morgan fingerprint density at radius 2 is 2.02 bits per heavy atom. The van der Waals surface area contributed by atoms with Crippen molar-refractivity contribution in [3.05, 3.63) is 95.2 Å². The molecule has 0 radical (unpaired) electrons. The first kappa shape index (κ1) is 29.9. The zero-order chi connectivity index (χ0) is 30.2. The minimum absolute atomic E-state index is 0.141. The number of carbonyl (C=O) groups is 1. The highest BCUT2D eigenvalue weighted by Gasteiger charge is 2.21. The quantitative estimate of drug-likeness (QED) is 0.194. The first-order valence-electron chi connectivity index (χ1n) is 13.9. The van der Waals surface area contributed by atoms with Gasteiger partial charge in [0.25, 0.3) is 0 Å². The van der Waals surface area contributed by atoms with Crippen LogP contribution in [0.5, 0.6) is 11.5 Å². The lowest BCUT2D eigenvalue weighted by atomic mass is 10.1. The normalized spacial score (nSPS) is 14.6. The van der Waals surface area contributed by atoms with Gasteiger partial charge in [-0.05, 0) is 43.9 Å². The summed E-state index contributed by atoms with van der Waals surface area (Å²) in [6.45, 7) is 2.09. The molecule has 1 aliphatic rings. The number of benzene rings is 3. The van der Waals surface area contributed by atoms with E-state index in [9.17, 15) is 10.1 Å². The number of rotatable bonds is 11. The Morgan fingerprint density at radius 1 is 1.19 bits per heavy atom. The van der Waals surface area contributed by atoms with E-state index in [2.05, 4.69) is 21.7 Å². The van der Waals surface area contributed by atoms with Crippen LogP contribution in [0.3, 0.4) is 0 Å². The molecule has 1 aliphatic heterocycles. The van der Waals surface area contributed by atoms with Gasteiger partial charge in [0.2, 0.25) is 5.91 Å². The number of pyridine rings is 1. The number of anilines is 3. The van der Waals surface area contributed by atoms with Crippen molar-refractivity contribution < 1.29 is 19.0 Å². The van der Waals surface area contributed by atoms with Crippen LogP contribution in [-0.4, -0.2) is 55.7 Å². The van der Waals surface area contributed by atoms with Crippen LogP contribution in [0.15, 0.2) is 79.0 Å². The van der Waals surface area contributed by atoms with Crippen LogP contribution < -0.4 is 20.1 Å². The molecule has 5 rings (SSSR count). The molecule has 1 aromatic heterocycles. The van der Waals surface area contributed by atoms with Crippen molar-refractivity contribution in [3.63, 3.8) is 0 Å². The lowest BCUT2D eigenvalue weighted by Gasteiger charge is -2.19. The van der Waals surface area contributed by atoms with Gasteiger partial charge < -0.3 is 29.7 Å². The number of fused-ring (bicyclic) bond motifs is 1. The number of amides is 1. The van der Waals surface area contributed by atoms with Gasteiger partial charge >= 0.3 is 0 Å². The number of hydrogen-bond donors (Lipinski definition) is 2. The molecule has 3 aromatic carbocycles. The highest BCUT2D eigenvalue weighted by molar-refractivity contribution is 6.32. The lowest BCUT2D eigenvalue weighted by molar-refractivity contribution is -0.111. The predicted octanol–water partition coefficient (Wildman–Crippen LogP) is 6.31. The van der Waals surface area contributed by atoms with E-state index in [0.29, 0.717) is 76.4 Å². The summed E-state index contributed by atoms with van der Waals surface area (Å²) in [5.41, 5.74) is 3.58. The van der Waals surface area contributed by atoms with Crippen LogP contribution in [0, 0.1) is 11.3 Å². The number of aromatic nitrogens is 1. The Balaban J connectivity index is 1.46. The van der Waals surface area contributed by atoms with Crippen LogP contribution in [0.25, 0.3) is 10.9 Å². The van der Waals surface area contributed by atoms with Crippen LogP contribution in [0.2, 0.25) is 5.02 Å². The van der Waals surface area contributed by atoms with Crippen molar-refractivity contribution in [3.8, 4) is 17.6 Å². The molecule has 1 amide bonds. The summed E-state index contributed by atoms with van der Waals surface area (Å²) in [5.74, 6) is 0.718. The third kappa shape index (κ3) is 7.81. The number of nitrogens with one attached hydrogen (secondary N) is 2. The van der Waals surface area contributed by atoms with Gasteiger partial charge in [-0.1, -0.05) is 48.0 Å². The number of nitriles is 1. The van der Waals surface area contributed by atoms with Crippen molar-refractivity contribution in [1.82, 2.24) is 9.88 Å². The number of ether oxygens (including phenoxy) is 3. The molecule has 2 heterocycles. The zero-order valence-electron chi connectivity index (χ0n) is 24.0. The maximum atomic E-state index is 12.8. The maximum Gasteiger partial charge on any atom is 0.248 e. The average molecular weight is 598 g/mol. The predicted molar refractivity (Wildman–Crippen MR) is 168 cm³/mol. The molecule has 1 fully saturated rings. The van der Waals surface area contributed by atoms with Crippen molar-refractivity contribution in [2.45, 2.75) is 19.1 Å². The number of carbonyl (C=O) groups excluding carboxylic acids is 1. The summed E-state index contributed by atoms with van der Waals surface area (Å²) < 4.78 is 17.6. The van der Waals surface area contributed by atoms with E-state index in [4.69, 9.17) is 25.8 Å². The Hall–Kier alpha value is -4.62. The average Bonchev–Trinajstić information content (AvgIpc) is 3.51. The SMILES string of the molecule is CN(C)CC=CC(=O)Nc1cc2c(Nc3ccc(OCc4ccccc4)c(Cl)c3)c(C#N)cnc2cc1O[C@H]1CCOC1. The van der Waals surface area contributed by atoms with Crippen molar-refractivity contribution in [1.29, 1.82) is 5.26 Å². The maximum absolute atomic E-state index is 12.8. The van der Waals surface area contributed by atoms with E-state index in [1.165, 1.54) is 12.3 Å². The monoisotopic (exact) mass is 597 g/mol. The molecule has 9 nitrogen and oxygen atoms in total. The van der Waals surface area contributed by atoms with Gasteiger partial charge in [0.05, 0.1) is 40.7 Å². The van der Waals surface area contributed by atoms with Gasteiger partial charge in [-0.15, -0.1) is 0 Å². The number of hydrogen-bond acceptors (Lipinski definition) is 8. The summed E-state index contributed by atoms with van der Waals surface area (Å²) in [5, 5.41) is 17.3. The summed E-state index contributed by atoms with van der Waals surface area (Å²) >= 11 is 6.57. The third-order valence-corrected chi connectivity index (χ3v) is 7.00. The van der Waals surface area contributed by atoms with Crippen LogP contribution >= 0.6 is 11.6 Å². The van der Waals surface area contributed by atoms with E-state index >= 15 is 0 Å². The Bertz CT molecular complexity index is 1660. The number of halogens is 1. The Labute approximate surface area is 255 Å². The fourth-order valence-corrected chi connectivity index (χ4v) is 4.78. The molecule has 4 aromatic rings. The Morgan fingerprint density at radius 3 is 2.74 bits per heavy atom. The molecule has 0 unspecified atom stereocenters. The first-order chi connectivity index (χ1) is 20.9. The minimum Gasteiger partial charge on any atom is -0.487 e. The molecular formula is C33H32ClN5O4. The highest BCUT2D eigenvalue weighted by Crippen LogP contribution is 2.38. The molecule has 0 bridgehead atoms. The van der Waals surface area contributed by atoms with Crippen molar-refractivity contribution in [2.75, 3.05) is 44.5 Å². The van der Waals surface area contributed by atoms with Gasteiger partial charge in [0, 0.05) is 42.4 Å². The number of likely N-dealkylation sites (N-methyl/N-ethyl adjacent to an activating group) is 1. The fourth-order valence-electron chi connectivity index (χ4n) is 4.54. The van der Waals surface area contributed by atoms with Crippen LogP contribution in [-0.2, 0) is 16.1 Å². The molecule has 2 N–H and O–H groups in total. The van der Waals surface area contributed by atoms with Crippen molar-refractivity contribution >= 4 is 45.5 Å². The minimum atomic E-state index is -0.300. The molecule has 1 saturated heterocycles. The smallest absolute Gasteiger partial charge is 0.248 e. The molecule has 10 heteroatoms. The largest absolute Gasteiger partial charge is 0.487 e. The van der Waals surface area contributed by atoms with E-state index in [0.717, 1.165) is 12.0 Å². The van der Waals surface area contributed by atoms with E-state index in [1.54, 1.807) is 30.3 Å². The molecule has 0 saturated carbocycles. The highest BCUT2D eigenvalue weighted by atomic mass is 35.5. The van der Waals surface area contributed by atoms with Crippen molar-refractivity contribution in [2.24, 2.45) is 0 Å². The third-order valence-electron chi connectivity index (χ3n) is 6.71. The van der Waals surface area contributed by atoms with Gasteiger partial charge in [0.1, 0.15) is 30.3 Å². The van der Waals surface area contributed by atoms with E-state index < -0.39 is 0 Å². The molecular weight excluding hydrogens is 566 g/mol. The van der Waals surface area contributed by atoms with Gasteiger partial charge in [0.15, 0.2) is 0 Å². The summed E-state index contributed by atoms with van der Waals surface area (Å²) in [6.07, 6.45) is 5.38. The van der Waals surface area contributed by atoms with Gasteiger partial charge in [-0.25, -0.2) is 0 Å². The molecule has 220 valence electrons. The lowest BCUT2D eigenvalue weighted by Crippen LogP contribution is -2.18. The fraction of sp³-hybridized carbons (Fsp3) is 0.242. The van der Waals surface area contributed by atoms with Crippen LogP contribution in [0.4, 0.5) is 17.1 Å². The first-order valence-corrected chi connectivity index (χ1v) is 14.2. The summed E-state index contributed by atoms with van der Waals surface area (Å²) in [7, 11) is 3.85. The number of nitrogens with zero attached hydrogens (tertiary/aromatic N) is 3.